The molecule has 0 unspecified atom stereocenters. The molecule has 0 saturated carbocycles. The fourth-order valence-corrected chi connectivity index (χ4v) is 6.22. The summed E-state index contributed by atoms with van der Waals surface area (Å²) in [5.41, 5.74) is 0.331. The Morgan fingerprint density at radius 1 is 1.05 bits per heavy atom. The molecule has 2 aromatic heterocycles. The molecule has 4 rings (SSSR count). The number of esters is 1. The number of nitrogens with zero attached hydrogens (tertiary/aromatic N) is 3. The van der Waals surface area contributed by atoms with Crippen molar-refractivity contribution in [3.8, 4) is 5.82 Å². The molecule has 194 valence electrons. The van der Waals surface area contributed by atoms with Crippen molar-refractivity contribution in [2.24, 2.45) is 0 Å². The Hall–Kier alpha value is -2.72. The summed E-state index contributed by atoms with van der Waals surface area (Å²) in [4.78, 5) is 18.2. The van der Waals surface area contributed by atoms with Gasteiger partial charge in [0, 0.05) is 32.7 Å². The molecule has 4 aromatic rings. The normalized spacial score (nSPS) is 12.1. The van der Waals surface area contributed by atoms with Crippen molar-refractivity contribution in [2.45, 2.75) is 36.2 Å². The Labute approximate surface area is 230 Å². The highest BCUT2D eigenvalue weighted by Crippen LogP contribution is 2.31. The summed E-state index contributed by atoms with van der Waals surface area (Å²) in [6.45, 7) is 4.62. The predicted molar refractivity (Wildman–Crippen MR) is 150 cm³/mol. The van der Waals surface area contributed by atoms with Gasteiger partial charge < -0.3 is 9.30 Å². The molecular formula is C26H25Cl2N3O4S2. The number of ether oxygens (including phenoxy) is 1. The number of benzene rings is 2. The predicted octanol–water partition coefficient (Wildman–Crippen LogP) is 6.59. The van der Waals surface area contributed by atoms with Crippen molar-refractivity contribution in [3.63, 3.8) is 0 Å². The van der Waals surface area contributed by atoms with Crippen molar-refractivity contribution in [1.82, 2.24) is 9.55 Å². The number of thioether (sulfide) groups is 1. The molecule has 0 spiro atoms. The van der Waals surface area contributed by atoms with Gasteiger partial charge in [0.05, 0.1) is 16.1 Å². The van der Waals surface area contributed by atoms with Crippen LogP contribution in [-0.2, 0) is 19.6 Å². The second-order valence-corrected chi connectivity index (χ2v) is 12.8. The van der Waals surface area contributed by atoms with E-state index in [4.69, 9.17) is 27.9 Å². The summed E-state index contributed by atoms with van der Waals surface area (Å²) in [5.74, 6) is 0.0345. The topological polar surface area (TPSA) is 81.5 Å². The van der Waals surface area contributed by atoms with Crippen LogP contribution in [0.4, 0.5) is 5.69 Å². The smallest absolute Gasteiger partial charge is 0.327 e. The van der Waals surface area contributed by atoms with E-state index in [1.165, 1.54) is 18.2 Å². The molecule has 11 heteroatoms. The summed E-state index contributed by atoms with van der Waals surface area (Å²) >= 11 is 13.8. The van der Waals surface area contributed by atoms with Gasteiger partial charge in [0.25, 0.3) is 10.0 Å². The average molecular weight is 579 g/mol. The van der Waals surface area contributed by atoms with Gasteiger partial charge in [-0.25, -0.2) is 13.4 Å². The highest BCUT2D eigenvalue weighted by atomic mass is 35.5. The Balaban J connectivity index is 1.78. The fourth-order valence-electron chi connectivity index (χ4n) is 3.73. The van der Waals surface area contributed by atoms with E-state index in [1.807, 2.05) is 35.2 Å². The minimum atomic E-state index is -4.23. The van der Waals surface area contributed by atoms with Gasteiger partial charge in [-0.2, -0.15) is 0 Å². The highest BCUT2D eigenvalue weighted by molar-refractivity contribution is 7.98. The van der Waals surface area contributed by atoms with Crippen LogP contribution < -0.4 is 4.31 Å². The van der Waals surface area contributed by atoms with Crippen molar-refractivity contribution in [2.75, 3.05) is 17.1 Å². The lowest BCUT2D eigenvalue weighted by molar-refractivity contribution is -0.152. The van der Waals surface area contributed by atoms with Crippen molar-refractivity contribution in [1.29, 1.82) is 0 Å². The quantitative estimate of drug-likeness (QED) is 0.182. The molecule has 0 amide bonds. The van der Waals surface area contributed by atoms with E-state index in [9.17, 15) is 13.2 Å². The molecule has 7 nitrogen and oxygen atoms in total. The summed E-state index contributed by atoms with van der Waals surface area (Å²) in [6.07, 6.45) is 5.64. The maximum atomic E-state index is 13.7. The molecule has 2 heterocycles. The van der Waals surface area contributed by atoms with Crippen LogP contribution in [0, 0.1) is 0 Å². The van der Waals surface area contributed by atoms with Crippen molar-refractivity contribution < 1.29 is 17.9 Å². The largest absolute Gasteiger partial charge is 0.459 e. The van der Waals surface area contributed by atoms with Crippen LogP contribution >= 0.6 is 35.0 Å². The van der Waals surface area contributed by atoms with Crippen LogP contribution in [0.25, 0.3) is 16.7 Å². The standard InChI is InChI=1S/C26H25Cl2N3O4S2/c1-26(2,3)35-25(32)16-31(37(33,34)22-13-18(27)12-19(28)14-22)20-5-7-23-17(11-20)9-10-30(23)24-8-6-21(36-4)15-29-24/h5-15H,16H2,1-4H3. The summed E-state index contributed by atoms with van der Waals surface area (Å²) in [6, 6.07) is 14.9. The van der Waals surface area contributed by atoms with E-state index < -0.39 is 28.1 Å². The average Bonchev–Trinajstić information content (AvgIpc) is 3.24. The first-order chi connectivity index (χ1) is 17.4. The van der Waals surface area contributed by atoms with Gasteiger partial charge in [-0.1, -0.05) is 23.2 Å². The number of rotatable bonds is 7. The van der Waals surface area contributed by atoms with E-state index >= 15 is 0 Å². The Bertz CT molecular complexity index is 1540. The summed E-state index contributed by atoms with van der Waals surface area (Å²) < 4.78 is 35.8. The molecule has 0 bridgehead atoms. The van der Waals surface area contributed by atoms with Crippen LogP contribution in [-0.4, -0.2) is 42.3 Å². The number of sulfonamides is 1. The molecule has 0 fully saturated rings. The number of pyridine rings is 1. The molecule has 0 atom stereocenters. The lowest BCUT2D eigenvalue weighted by Crippen LogP contribution is -2.39. The number of fused-ring (bicyclic) bond motifs is 1. The molecule has 0 aliphatic rings. The zero-order chi connectivity index (χ0) is 27.0. The SMILES string of the molecule is CSc1ccc(-n2ccc3cc(N(CC(=O)OC(C)(C)C)S(=O)(=O)c4cc(Cl)cc(Cl)c4)ccc32)nc1. The van der Waals surface area contributed by atoms with Crippen LogP contribution in [0.5, 0.6) is 0 Å². The second kappa shape index (κ2) is 10.6. The number of aromatic nitrogens is 2. The molecular weight excluding hydrogens is 553 g/mol. The molecule has 0 N–H and O–H groups in total. The Kier molecular flexibility index (Phi) is 7.80. The van der Waals surface area contributed by atoms with Gasteiger partial charge >= 0.3 is 5.97 Å². The van der Waals surface area contributed by atoms with E-state index in [2.05, 4.69) is 4.98 Å². The molecule has 0 aliphatic carbocycles. The van der Waals surface area contributed by atoms with Gasteiger partial charge in [-0.3, -0.25) is 9.10 Å². The zero-order valence-electron chi connectivity index (χ0n) is 20.6. The van der Waals surface area contributed by atoms with Crippen LogP contribution in [0.2, 0.25) is 10.0 Å². The van der Waals surface area contributed by atoms with E-state index in [0.29, 0.717) is 0 Å². The highest BCUT2D eigenvalue weighted by Gasteiger charge is 2.30. The van der Waals surface area contributed by atoms with Crippen LogP contribution in [0.3, 0.4) is 0 Å². The van der Waals surface area contributed by atoms with E-state index in [1.54, 1.807) is 56.9 Å². The first-order valence-electron chi connectivity index (χ1n) is 11.2. The third-order valence-electron chi connectivity index (χ3n) is 5.28. The minimum absolute atomic E-state index is 0.135. The van der Waals surface area contributed by atoms with Gasteiger partial charge in [0.15, 0.2) is 0 Å². The Morgan fingerprint density at radius 2 is 1.76 bits per heavy atom. The zero-order valence-corrected chi connectivity index (χ0v) is 23.7. The maximum absolute atomic E-state index is 13.7. The van der Waals surface area contributed by atoms with Gasteiger partial charge in [-0.15, -0.1) is 11.8 Å². The van der Waals surface area contributed by atoms with Crippen LogP contribution in [0.1, 0.15) is 20.8 Å². The second-order valence-electron chi connectivity index (χ2n) is 9.19. The molecule has 37 heavy (non-hydrogen) atoms. The summed E-state index contributed by atoms with van der Waals surface area (Å²) in [7, 11) is -4.23. The first-order valence-corrected chi connectivity index (χ1v) is 14.6. The monoisotopic (exact) mass is 577 g/mol. The lowest BCUT2D eigenvalue weighted by Gasteiger charge is -2.26. The van der Waals surface area contributed by atoms with E-state index in [-0.39, 0.29) is 20.6 Å². The Morgan fingerprint density at radius 3 is 2.35 bits per heavy atom. The number of hydrogen-bond acceptors (Lipinski definition) is 6. The van der Waals surface area contributed by atoms with Crippen molar-refractivity contribution >= 4 is 67.5 Å². The lowest BCUT2D eigenvalue weighted by atomic mass is 10.2. The number of carbonyl (C=O) groups is 1. The van der Waals surface area contributed by atoms with Crippen LogP contribution in [0.15, 0.2) is 76.8 Å². The van der Waals surface area contributed by atoms with Gasteiger partial charge in [0.2, 0.25) is 0 Å². The van der Waals surface area contributed by atoms with Gasteiger partial charge in [-0.05, 0) is 81.6 Å². The third kappa shape index (κ3) is 6.23. The first kappa shape index (κ1) is 27.3. The molecule has 0 radical (unpaired) electrons. The summed E-state index contributed by atoms with van der Waals surface area (Å²) in [5, 5.41) is 1.09. The number of halogens is 2. The number of anilines is 1. The molecule has 0 aliphatic heterocycles. The van der Waals surface area contributed by atoms with Gasteiger partial charge in [0.1, 0.15) is 18.0 Å². The number of hydrogen-bond donors (Lipinski definition) is 0. The molecule has 2 aromatic carbocycles. The minimum Gasteiger partial charge on any atom is -0.459 e. The fraction of sp³-hybridized carbons (Fsp3) is 0.231. The van der Waals surface area contributed by atoms with Crippen molar-refractivity contribution in [3.05, 3.63) is 77.0 Å². The third-order valence-corrected chi connectivity index (χ3v) is 8.18. The molecule has 0 saturated heterocycles. The van der Waals surface area contributed by atoms with E-state index in [0.717, 1.165) is 25.9 Å². The maximum Gasteiger partial charge on any atom is 0.327 e. The number of carbonyl (C=O) groups excluding carboxylic acids is 1.